The van der Waals surface area contributed by atoms with Gasteiger partial charge in [-0.3, -0.25) is 10.1 Å². The van der Waals surface area contributed by atoms with Crippen LogP contribution in [-0.4, -0.2) is 26.5 Å². The molecule has 0 bridgehead atoms. The molecule has 0 aliphatic carbocycles. The summed E-state index contributed by atoms with van der Waals surface area (Å²) in [6.07, 6.45) is 0.680. The van der Waals surface area contributed by atoms with Gasteiger partial charge in [0.1, 0.15) is 17.4 Å². The molecule has 3 heterocycles. The van der Waals surface area contributed by atoms with Gasteiger partial charge in [-0.15, -0.1) is 11.3 Å². The van der Waals surface area contributed by atoms with Crippen LogP contribution < -0.4 is 10.1 Å². The van der Waals surface area contributed by atoms with Crippen molar-refractivity contribution >= 4 is 33.1 Å². The van der Waals surface area contributed by atoms with E-state index >= 15 is 0 Å². The third-order valence-corrected chi connectivity index (χ3v) is 5.82. The molecule has 5 rings (SSSR count). The van der Waals surface area contributed by atoms with Gasteiger partial charge in [0.05, 0.1) is 39.0 Å². The number of nitrogens with zero attached hydrogens (tertiary/aromatic N) is 4. The van der Waals surface area contributed by atoms with Crippen molar-refractivity contribution in [1.82, 2.24) is 15.0 Å². The zero-order chi connectivity index (χ0) is 20.7. The quantitative estimate of drug-likeness (QED) is 0.370. The maximum Gasteiger partial charge on any atom is 0.270 e. The zero-order valence-electron chi connectivity index (χ0n) is 16.0. The van der Waals surface area contributed by atoms with Crippen LogP contribution in [0, 0.1) is 17.0 Å². The molecule has 4 aromatic rings. The summed E-state index contributed by atoms with van der Waals surface area (Å²) in [5, 5.41) is 14.6. The standard InChI is InChI=1S/C21H17N5O3S/c1-12-23-18(13-2-4-17-20(8-13)30-11-22-17)10-21(24-12)25-16-6-7-29-19-5-3-14(26(27)28)9-15(16)19/h2-5,8-11,16H,6-7H2,1H3,(H,23,24,25). The first-order valence-corrected chi connectivity index (χ1v) is 10.3. The normalized spacial score (nSPS) is 15.4. The number of thiazole rings is 1. The fraction of sp³-hybridized carbons (Fsp3) is 0.190. The minimum absolute atomic E-state index is 0.0449. The smallest absolute Gasteiger partial charge is 0.270 e. The van der Waals surface area contributed by atoms with E-state index in [1.165, 1.54) is 6.07 Å². The molecule has 1 aliphatic rings. The summed E-state index contributed by atoms with van der Waals surface area (Å²) < 4.78 is 6.78. The topological polar surface area (TPSA) is 103 Å². The van der Waals surface area contributed by atoms with E-state index in [1.807, 2.05) is 30.6 Å². The Hall–Kier alpha value is -3.59. The van der Waals surface area contributed by atoms with E-state index in [0.717, 1.165) is 27.0 Å². The largest absolute Gasteiger partial charge is 0.493 e. The maximum absolute atomic E-state index is 11.2. The summed E-state index contributed by atoms with van der Waals surface area (Å²) in [4.78, 5) is 24.2. The second-order valence-electron chi connectivity index (χ2n) is 7.03. The first-order valence-electron chi connectivity index (χ1n) is 9.44. The van der Waals surface area contributed by atoms with Gasteiger partial charge in [-0.2, -0.15) is 0 Å². The highest BCUT2D eigenvalue weighted by atomic mass is 32.1. The van der Waals surface area contributed by atoms with Crippen molar-refractivity contribution in [3.63, 3.8) is 0 Å². The predicted octanol–water partition coefficient (Wildman–Crippen LogP) is 4.91. The average Bonchev–Trinajstić information content (AvgIpc) is 3.21. The van der Waals surface area contributed by atoms with E-state index in [9.17, 15) is 10.1 Å². The van der Waals surface area contributed by atoms with Crippen LogP contribution in [0.25, 0.3) is 21.5 Å². The lowest BCUT2D eigenvalue weighted by molar-refractivity contribution is -0.385. The van der Waals surface area contributed by atoms with Gasteiger partial charge in [0.15, 0.2) is 0 Å². The van der Waals surface area contributed by atoms with Crippen molar-refractivity contribution in [2.75, 3.05) is 11.9 Å². The number of nitro benzene ring substituents is 1. The lowest BCUT2D eigenvalue weighted by Gasteiger charge is -2.27. The number of aryl methyl sites for hydroxylation is 1. The van der Waals surface area contributed by atoms with E-state index < -0.39 is 4.92 Å². The van der Waals surface area contributed by atoms with Gasteiger partial charge in [0, 0.05) is 35.7 Å². The second kappa shape index (κ2) is 7.34. The number of nitrogens with one attached hydrogen (secondary N) is 1. The van der Waals surface area contributed by atoms with Gasteiger partial charge in [0.25, 0.3) is 5.69 Å². The van der Waals surface area contributed by atoms with Crippen molar-refractivity contribution in [3.05, 3.63) is 69.5 Å². The van der Waals surface area contributed by atoms with Crippen molar-refractivity contribution in [3.8, 4) is 17.0 Å². The molecule has 30 heavy (non-hydrogen) atoms. The molecule has 2 aromatic carbocycles. The fourth-order valence-electron chi connectivity index (χ4n) is 3.63. The van der Waals surface area contributed by atoms with Gasteiger partial charge >= 0.3 is 0 Å². The van der Waals surface area contributed by atoms with Crippen LogP contribution in [0.4, 0.5) is 11.5 Å². The number of benzene rings is 2. The first kappa shape index (κ1) is 18.4. The third kappa shape index (κ3) is 3.43. The van der Waals surface area contributed by atoms with Crippen molar-refractivity contribution < 1.29 is 9.66 Å². The van der Waals surface area contributed by atoms with Gasteiger partial charge in [-0.25, -0.2) is 15.0 Å². The lowest BCUT2D eigenvalue weighted by Crippen LogP contribution is -2.21. The number of hydrogen-bond acceptors (Lipinski definition) is 8. The number of non-ortho nitro benzene ring substituents is 1. The maximum atomic E-state index is 11.2. The Bertz CT molecular complexity index is 1270. The van der Waals surface area contributed by atoms with E-state index in [0.29, 0.717) is 30.4 Å². The van der Waals surface area contributed by atoms with Gasteiger partial charge in [0.2, 0.25) is 0 Å². The van der Waals surface area contributed by atoms with Crippen LogP contribution >= 0.6 is 11.3 Å². The summed E-state index contributed by atoms with van der Waals surface area (Å²) in [6, 6.07) is 12.5. The summed E-state index contributed by atoms with van der Waals surface area (Å²) in [5.41, 5.74) is 5.40. The summed E-state index contributed by atoms with van der Waals surface area (Å²) in [7, 11) is 0. The molecule has 0 fully saturated rings. The third-order valence-electron chi connectivity index (χ3n) is 5.03. The van der Waals surface area contributed by atoms with Crippen molar-refractivity contribution in [2.45, 2.75) is 19.4 Å². The van der Waals surface area contributed by atoms with E-state index in [-0.39, 0.29) is 11.7 Å². The molecule has 2 aromatic heterocycles. The number of nitro groups is 1. The zero-order valence-corrected chi connectivity index (χ0v) is 16.8. The summed E-state index contributed by atoms with van der Waals surface area (Å²) >= 11 is 1.59. The molecule has 0 spiro atoms. The first-order chi connectivity index (χ1) is 14.6. The van der Waals surface area contributed by atoms with Crippen molar-refractivity contribution in [1.29, 1.82) is 0 Å². The number of rotatable bonds is 4. The highest BCUT2D eigenvalue weighted by molar-refractivity contribution is 7.16. The summed E-state index contributed by atoms with van der Waals surface area (Å²) in [6.45, 7) is 2.38. The Kier molecular flexibility index (Phi) is 4.51. The highest BCUT2D eigenvalue weighted by Gasteiger charge is 2.24. The van der Waals surface area contributed by atoms with Crippen LogP contribution in [0.15, 0.2) is 48.0 Å². The Morgan fingerprint density at radius 2 is 2.10 bits per heavy atom. The van der Waals surface area contributed by atoms with Gasteiger partial charge in [-0.1, -0.05) is 6.07 Å². The Labute approximate surface area is 175 Å². The van der Waals surface area contributed by atoms with Gasteiger partial charge < -0.3 is 10.1 Å². The van der Waals surface area contributed by atoms with E-state index in [1.54, 1.807) is 23.5 Å². The molecule has 1 N–H and O–H groups in total. The van der Waals surface area contributed by atoms with Crippen LogP contribution in [0.5, 0.6) is 5.75 Å². The Morgan fingerprint density at radius 1 is 1.20 bits per heavy atom. The molecular formula is C21H17N5O3S. The molecule has 1 atom stereocenters. The Balaban J connectivity index is 1.49. The highest BCUT2D eigenvalue weighted by Crippen LogP contribution is 2.37. The van der Waals surface area contributed by atoms with Crippen LogP contribution in [0.3, 0.4) is 0 Å². The molecular weight excluding hydrogens is 402 g/mol. The molecule has 8 nitrogen and oxygen atoms in total. The van der Waals surface area contributed by atoms with E-state index in [2.05, 4.69) is 26.3 Å². The molecule has 9 heteroatoms. The molecule has 0 amide bonds. The van der Waals surface area contributed by atoms with Crippen LogP contribution in [0.1, 0.15) is 23.9 Å². The van der Waals surface area contributed by atoms with Crippen molar-refractivity contribution in [2.24, 2.45) is 0 Å². The molecule has 1 aliphatic heterocycles. The average molecular weight is 419 g/mol. The second-order valence-corrected chi connectivity index (χ2v) is 7.92. The molecule has 0 saturated heterocycles. The monoisotopic (exact) mass is 419 g/mol. The molecule has 0 saturated carbocycles. The SMILES string of the molecule is Cc1nc(NC2CCOc3ccc([N+](=O)[O-])cc32)cc(-c2ccc3ncsc3c2)n1. The fourth-order valence-corrected chi connectivity index (χ4v) is 4.34. The number of aromatic nitrogens is 3. The molecule has 0 radical (unpaired) electrons. The Morgan fingerprint density at radius 3 is 2.97 bits per heavy atom. The number of anilines is 1. The molecule has 150 valence electrons. The van der Waals surface area contributed by atoms with Crippen LogP contribution in [-0.2, 0) is 0 Å². The van der Waals surface area contributed by atoms with Gasteiger partial charge in [-0.05, 0) is 25.1 Å². The number of fused-ring (bicyclic) bond motifs is 2. The van der Waals surface area contributed by atoms with E-state index in [4.69, 9.17) is 4.74 Å². The summed E-state index contributed by atoms with van der Waals surface area (Å²) in [5.74, 6) is 1.97. The number of hydrogen-bond donors (Lipinski definition) is 1. The van der Waals surface area contributed by atoms with Crippen LogP contribution in [0.2, 0.25) is 0 Å². The molecule has 1 unspecified atom stereocenters. The predicted molar refractivity (Wildman–Crippen MR) is 115 cm³/mol. The number of ether oxygens (including phenoxy) is 1. The lowest BCUT2D eigenvalue weighted by atomic mass is 9.99. The minimum atomic E-state index is -0.394. The minimum Gasteiger partial charge on any atom is -0.493 e.